The Hall–Kier alpha value is -2.34. The van der Waals surface area contributed by atoms with E-state index in [1.807, 2.05) is 12.1 Å². The van der Waals surface area contributed by atoms with Crippen molar-refractivity contribution in [1.82, 2.24) is 19.9 Å². The van der Waals surface area contributed by atoms with Crippen LogP contribution in [0.3, 0.4) is 0 Å². The number of hydrogen-bond acceptors (Lipinski definition) is 6. The molecule has 0 radical (unpaired) electrons. The largest absolute Gasteiger partial charge is 0.361 e. The normalized spacial score (nSPS) is 14.8. The van der Waals surface area contributed by atoms with Gasteiger partial charge in [0.2, 0.25) is 0 Å². The van der Waals surface area contributed by atoms with Crippen LogP contribution in [0.1, 0.15) is 62.1 Å². The summed E-state index contributed by atoms with van der Waals surface area (Å²) in [6, 6.07) is 4.02. The summed E-state index contributed by atoms with van der Waals surface area (Å²) in [5.74, 6) is 1.71. The van der Waals surface area contributed by atoms with Gasteiger partial charge in [-0.1, -0.05) is 20.8 Å². The smallest absolute Gasteiger partial charge is 0.161 e. The topological polar surface area (TPSA) is 63.6 Å². The van der Waals surface area contributed by atoms with E-state index in [9.17, 15) is 0 Å². The Kier molecular flexibility index (Phi) is 4.68. The van der Waals surface area contributed by atoms with Gasteiger partial charge in [0, 0.05) is 40.0 Å². The molecule has 27 heavy (non-hydrogen) atoms. The van der Waals surface area contributed by atoms with Gasteiger partial charge in [0.1, 0.15) is 10.8 Å². The Bertz CT molecular complexity index is 943. The van der Waals surface area contributed by atoms with Crippen LogP contribution < -0.4 is 5.32 Å². The van der Waals surface area contributed by atoms with Gasteiger partial charge in [-0.3, -0.25) is 4.98 Å². The van der Waals surface area contributed by atoms with Crippen LogP contribution in [0.2, 0.25) is 0 Å². The first-order valence-electron chi connectivity index (χ1n) is 9.44. The Morgan fingerprint density at radius 1 is 1.07 bits per heavy atom. The average molecular weight is 380 g/mol. The maximum absolute atomic E-state index is 4.86. The summed E-state index contributed by atoms with van der Waals surface area (Å²) in [4.78, 5) is 18.6. The maximum Gasteiger partial charge on any atom is 0.161 e. The molecule has 1 aliphatic rings. The van der Waals surface area contributed by atoms with Crippen molar-refractivity contribution in [3.8, 4) is 11.4 Å². The number of fused-ring (bicyclic) bond motifs is 1. The van der Waals surface area contributed by atoms with Crippen molar-refractivity contribution < 1.29 is 0 Å². The summed E-state index contributed by atoms with van der Waals surface area (Å²) < 4.78 is 0. The van der Waals surface area contributed by atoms with Gasteiger partial charge in [0.05, 0.1) is 11.7 Å². The first kappa shape index (κ1) is 18.0. The highest BCUT2D eigenvalue weighted by Gasteiger charge is 2.23. The van der Waals surface area contributed by atoms with Crippen LogP contribution in [0, 0.1) is 0 Å². The summed E-state index contributed by atoms with van der Waals surface area (Å²) in [5, 5.41) is 6.87. The molecule has 1 aliphatic carbocycles. The van der Waals surface area contributed by atoms with Gasteiger partial charge in [-0.05, 0) is 38.3 Å². The van der Waals surface area contributed by atoms with Gasteiger partial charge < -0.3 is 5.32 Å². The molecule has 1 N–H and O–H groups in total. The molecule has 0 saturated carbocycles. The summed E-state index contributed by atoms with van der Waals surface area (Å²) in [6.07, 6.45) is 6.76. The standard InChI is InChI=1S/C21H25N5S/c1-13(20-25-17(12-27-20)21(2,3)4)23-19-15-6-5-7-16(15)24-18(26-19)14-8-10-22-11-9-14/h8-13H,5-7H2,1-4H3,(H,23,24,26). The van der Waals surface area contributed by atoms with Crippen LogP contribution >= 0.6 is 11.3 Å². The van der Waals surface area contributed by atoms with Crippen LogP contribution in [0.15, 0.2) is 29.9 Å². The molecule has 0 amide bonds. The molecule has 5 nitrogen and oxygen atoms in total. The number of aryl methyl sites for hydroxylation is 1. The molecular formula is C21H25N5S. The van der Waals surface area contributed by atoms with Crippen molar-refractivity contribution in [3.63, 3.8) is 0 Å². The van der Waals surface area contributed by atoms with E-state index in [4.69, 9.17) is 15.0 Å². The number of pyridine rings is 1. The van der Waals surface area contributed by atoms with E-state index in [-0.39, 0.29) is 11.5 Å². The maximum atomic E-state index is 4.86. The van der Waals surface area contributed by atoms with Crippen LogP contribution in [-0.2, 0) is 18.3 Å². The minimum absolute atomic E-state index is 0.0686. The Morgan fingerprint density at radius 2 is 1.85 bits per heavy atom. The first-order chi connectivity index (χ1) is 12.9. The molecule has 0 bridgehead atoms. The third kappa shape index (κ3) is 3.72. The quantitative estimate of drug-likeness (QED) is 0.694. The van der Waals surface area contributed by atoms with Crippen molar-refractivity contribution in [2.24, 2.45) is 0 Å². The molecule has 3 heterocycles. The second kappa shape index (κ2) is 7.00. The summed E-state index contributed by atoms with van der Waals surface area (Å²) in [5.41, 5.74) is 4.63. The minimum Gasteiger partial charge on any atom is -0.361 e. The lowest BCUT2D eigenvalue weighted by Crippen LogP contribution is -2.14. The van der Waals surface area contributed by atoms with Gasteiger partial charge in [-0.25, -0.2) is 15.0 Å². The minimum atomic E-state index is 0.0686. The Morgan fingerprint density at radius 3 is 2.56 bits per heavy atom. The third-order valence-electron chi connectivity index (χ3n) is 4.89. The van der Waals surface area contributed by atoms with Crippen LogP contribution in [0.5, 0.6) is 0 Å². The monoisotopic (exact) mass is 379 g/mol. The number of thiazole rings is 1. The zero-order chi connectivity index (χ0) is 19.0. The third-order valence-corrected chi connectivity index (χ3v) is 5.91. The molecule has 140 valence electrons. The van der Waals surface area contributed by atoms with E-state index in [1.165, 1.54) is 11.3 Å². The lowest BCUT2D eigenvalue weighted by molar-refractivity contribution is 0.569. The predicted molar refractivity (Wildman–Crippen MR) is 110 cm³/mol. The highest BCUT2D eigenvalue weighted by atomic mass is 32.1. The average Bonchev–Trinajstić information content (AvgIpc) is 3.31. The SMILES string of the molecule is CC(Nc1nc(-c2ccncc2)nc2c1CCC2)c1nc(C(C)(C)C)cs1. The molecule has 3 aromatic heterocycles. The predicted octanol–water partition coefficient (Wildman–Crippen LogP) is 4.95. The molecule has 3 aromatic rings. The molecule has 0 aliphatic heterocycles. The van der Waals surface area contributed by atoms with E-state index in [0.717, 1.165) is 47.2 Å². The molecular weight excluding hydrogens is 354 g/mol. The number of nitrogens with zero attached hydrogens (tertiary/aromatic N) is 4. The van der Waals surface area contributed by atoms with Crippen molar-refractivity contribution in [2.45, 2.75) is 58.4 Å². The zero-order valence-corrected chi connectivity index (χ0v) is 17.1. The van der Waals surface area contributed by atoms with E-state index in [1.54, 1.807) is 23.7 Å². The molecule has 0 spiro atoms. The van der Waals surface area contributed by atoms with Crippen molar-refractivity contribution in [2.75, 3.05) is 5.32 Å². The Labute approximate surface area is 164 Å². The lowest BCUT2D eigenvalue weighted by Gasteiger charge is -2.17. The summed E-state index contributed by atoms with van der Waals surface area (Å²) in [7, 11) is 0. The van der Waals surface area contributed by atoms with Crippen molar-refractivity contribution in [3.05, 3.63) is 51.9 Å². The van der Waals surface area contributed by atoms with Crippen LogP contribution in [-0.4, -0.2) is 19.9 Å². The van der Waals surface area contributed by atoms with E-state index in [2.05, 4.69) is 43.4 Å². The lowest BCUT2D eigenvalue weighted by atomic mass is 9.93. The van der Waals surface area contributed by atoms with Crippen molar-refractivity contribution >= 4 is 17.2 Å². The molecule has 1 unspecified atom stereocenters. The van der Waals surface area contributed by atoms with Gasteiger partial charge in [0.25, 0.3) is 0 Å². The highest BCUT2D eigenvalue weighted by Crippen LogP contribution is 2.33. The second-order valence-electron chi connectivity index (χ2n) is 8.10. The number of nitrogens with one attached hydrogen (secondary N) is 1. The second-order valence-corrected chi connectivity index (χ2v) is 8.99. The number of rotatable bonds is 4. The van der Waals surface area contributed by atoms with Crippen LogP contribution in [0.25, 0.3) is 11.4 Å². The fourth-order valence-corrected chi connectivity index (χ4v) is 4.33. The van der Waals surface area contributed by atoms with Crippen LogP contribution in [0.4, 0.5) is 5.82 Å². The van der Waals surface area contributed by atoms with Crippen molar-refractivity contribution in [1.29, 1.82) is 0 Å². The molecule has 1 atom stereocenters. The van der Waals surface area contributed by atoms with Gasteiger partial charge in [0.15, 0.2) is 5.82 Å². The fraction of sp³-hybridized carbons (Fsp3) is 0.429. The number of anilines is 1. The van der Waals surface area contributed by atoms with Gasteiger partial charge in [-0.2, -0.15) is 0 Å². The fourth-order valence-electron chi connectivity index (χ4n) is 3.28. The number of aromatic nitrogens is 4. The molecule has 4 rings (SSSR count). The molecule has 0 aromatic carbocycles. The van der Waals surface area contributed by atoms with E-state index >= 15 is 0 Å². The van der Waals surface area contributed by atoms with E-state index in [0.29, 0.717) is 0 Å². The van der Waals surface area contributed by atoms with Gasteiger partial charge >= 0.3 is 0 Å². The number of hydrogen-bond donors (Lipinski definition) is 1. The Balaban J connectivity index is 1.65. The molecule has 0 fully saturated rings. The molecule has 6 heteroatoms. The van der Waals surface area contributed by atoms with Gasteiger partial charge in [-0.15, -0.1) is 11.3 Å². The highest BCUT2D eigenvalue weighted by molar-refractivity contribution is 7.09. The summed E-state index contributed by atoms with van der Waals surface area (Å²) in [6.45, 7) is 8.74. The first-order valence-corrected chi connectivity index (χ1v) is 10.3. The van der Waals surface area contributed by atoms with E-state index < -0.39 is 0 Å². The zero-order valence-electron chi connectivity index (χ0n) is 16.3. The summed E-state index contributed by atoms with van der Waals surface area (Å²) >= 11 is 1.71. The molecule has 0 saturated heterocycles.